The first kappa shape index (κ1) is 16.8. The molecule has 1 fully saturated rings. The molecular weight excluding hydrogens is 280 g/mol. The van der Waals surface area contributed by atoms with Gasteiger partial charge in [0, 0.05) is 12.6 Å². The van der Waals surface area contributed by atoms with Gasteiger partial charge >= 0.3 is 6.03 Å². The van der Waals surface area contributed by atoms with E-state index in [1.54, 1.807) is 0 Å². The van der Waals surface area contributed by atoms with Crippen LogP contribution in [0.15, 0.2) is 24.3 Å². The minimum atomic E-state index is -0.113. The van der Waals surface area contributed by atoms with Crippen molar-refractivity contribution in [1.82, 2.24) is 10.6 Å². The molecule has 0 aromatic heterocycles. The molecule has 22 heavy (non-hydrogen) atoms. The van der Waals surface area contributed by atoms with E-state index in [-0.39, 0.29) is 30.9 Å². The highest BCUT2D eigenvalue weighted by atomic mass is 16.5. The summed E-state index contributed by atoms with van der Waals surface area (Å²) in [6.07, 6.45) is 2.89. The summed E-state index contributed by atoms with van der Waals surface area (Å²) >= 11 is 0. The maximum Gasteiger partial charge on any atom is 0.315 e. The van der Waals surface area contributed by atoms with Crippen molar-refractivity contribution in [3.63, 3.8) is 0 Å². The van der Waals surface area contributed by atoms with Gasteiger partial charge in [-0.05, 0) is 44.2 Å². The van der Waals surface area contributed by atoms with Crippen molar-refractivity contribution in [3.05, 3.63) is 35.4 Å². The van der Waals surface area contributed by atoms with Crippen molar-refractivity contribution in [3.8, 4) is 0 Å². The number of benzene rings is 1. The number of carbonyl (C=O) groups is 1. The average Bonchev–Trinajstić information content (AvgIpc) is 2.47. The number of aliphatic hydroxyl groups is 1. The zero-order chi connectivity index (χ0) is 15.9. The SMILES string of the molecule is CC1CC(NC(=O)NCCc2ccc(CO)cc2)CC(C)O1. The van der Waals surface area contributed by atoms with Gasteiger partial charge in [-0.15, -0.1) is 0 Å². The first-order valence-corrected chi connectivity index (χ1v) is 7.95. The summed E-state index contributed by atoms with van der Waals surface area (Å²) in [4.78, 5) is 11.9. The highest BCUT2D eigenvalue weighted by Crippen LogP contribution is 2.18. The summed E-state index contributed by atoms with van der Waals surface area (Å²) in [6.45, 7) is 4.73. The maximum absolute atomic E-state index is 11.9. The molecule has 0 bridgehead atoms. The van der Waals surface area contributed by atoms with Crippen LogP contribution in [0, 0.1) is 0 Å². The number of ether oxygens (including phenoxy) is 1. The zero-order valence-corrected chi connectivity index (χ0v) is 13.3. The molecule has 5 nitrogen and oxygen atoms in total. The van der Waals surface area contributed by atoms with E-state index in [1.807, 2.05) is 38.1 Å². The van der Waals surface area contributed by atoms with Gasteiger partial charge in [-0.25, -0.2) is 4.79 Å². The lowest BCUT2D eigenvalue weighted by Gasteiger charge is -2.32. The summed E-state index contributed by atoms with van der Waals surface area (Å²) in [6, 6.07) is 7.83. The highest BCUT2D eigenvalue weighted by Gasteiger charge is 2.25. The highest BCUT2D eigenvalue weighted by molar-refractivity contribution is 5.74. The molecule has 1 saturated heterocycles. The van der Waals surface area contributed by atoms with Gasteiger partial charge in [0.1, 0.15) is 0 Å². The second kappa shape index (κ2) is 8.15. The minimum absolute atomic E-state index is 0.0584. The van der Waals surface area contributed by atoms with Gasteiger partial charge < -0.3 is 20.5 Å². The van der Waals surface area contributed by atoms with E-state index in [0.29, 0.717) is 6.54 Å². The fourth-order valence-electron chi connectivity index (χ4n) is 2.89. The molecule has 1 aliphatic rings. The monoisotopic (exact) mass is 306 g/mol. The van der Waals surface area contributed by atoms with E-state index in [2.05, 4.69) is 10.6 Å². The van der Waals surface area contributed by atoms with Crippen molar-refractivity contribution in [1.29, 1.82) is 0 Å². The molecular formula is C17H26N2O3. The van der Waals surface area contributed by atoms with E-state index in [9.17, 15) is 4.79 Å². The van der Waals surface area contributed by atoms with E-state index in [4.69, 9.17) is 9.84 Å². The van der Waals surface area contributed by atoms with E-state index < -0.39 is 0 Å². The first-order valence-electron chi connectivity index (χ1n) is 7.95. The van der Waals surface area contributed by atoms with Crippen molar-refractivity contribution in [2.24, 2.45) is 0 Å². The van der Waals surface area contributed by atoms with E-state index in [0.717, 1.165) is 30.4 Å². The summed E-state index contributed by atoms with van der Waals surface area (Å²) in [5.41, 5.74) is 2.04. The van der Waals surface area contributed by atoms with Gasteiger partial charge in [0.05, 0.1) is 18.8 Å². The lowest BCUT2D eigenvalue weighted by Crippen LogP contribution is -2.47. The predicted molar refractivity (Wildman–Crippen MR) is 85.6 cm³/mol. The molecule has 2 rings (SSSR count). The van der Waals surface area contributed by atoms with Gasteiger partial charge in [0.25, 0.3) is 0 Å². The molecule has 122 valence electrons. The lowest BCUT2D eigenvalue weighted by atomic mass is 10.0. The standard InChI is InChI=1S/C17H26N2O3/c1-12-9-16(10-13(2)22-12)19-17(21)18-8-7-14-3-5-15(11-20)6-4-14/h3-6,12-13,16,20H,7-11H2,1-2H3,(H2,18,19,21). The molecule has 0 radical (unpaired) electrons. The van der Waals surface area contributed by atoms with Gasteiger partial charge in [0.2, 0.25) is 0 Å². The number of rotatable bonds is 5. The number of carbonyl (C=O) groups excluding carboxylic acids is 1. The topological polar surface area (TPSA) is 70.6 Å². The number of urea groups is 1. The summed E-state index contributed by atoms with van der Waals surface area (Å²) in [5, 5.41) is 14.9. The lowest BCUT2D eigenvalue weighted by molar-refractivity contribution is -0.0401. The van der Waals surface area contributed by atoms with Crippen molar-refractivity contribution < 1.29 is 14.6 Å². The molecule has 3 N–H and O–H groups in total. The Hall–Kier alpha value is -1.59. The molecule has 0 spiro atoms. The normalized spacial score (nSPS) is 24.8. The Morgan fingerprint density at radius 1 is 1.18 bits per heavy atom. The van der Waals surface area contributed by atoms with Crippen LogP contribution in [0.25, 0.3) is 0 Å². The number of hydrogen-bond donors (Lipinski definition) is 3. The smallest absolute Gasteiger partial charge is 0.315 e. The third-order valence-electron chi connectivity index (χ3n) is 3.94. The third kappa shape index (κ3) is 5.31. The minimum Gasteiger partial charge on any atom is -0.392 e. The number of amides is 2. The Balaban J connectivity index is 1.68. The summed E-state index contributed by atoms with van der Waals surface area (Å²) < 4.78 is 5.67. The van der Waals surface area contributed by atoms with Crippen LogP contribution in [0.4, 0.5) is 4.79 Å². The van der Waals surface area contributed by atoms with Crippen LogP contribution in [-0.2, 0) is 17.8 Å². The fourth-order valence-corrected chi connectivity index (χ4v) is 2.89. The van der Waals surface area contributed by atoms with Crippen molar-refractivity contribution in [2.45, 2.75) is 58.0 Å². The molecule has 2 atom stereocenters. The van der Waals surface area contributed by atoms with Crippen molar-refractivity contribution >= 4 is 6.03 Å². The summed E-state index contributed by atoms with van der Waals surface area (Å²) in [7, 11) is 0. The molecule has 2 unspecified atom stereocenters. The number of aliphatic hydroxyl groups excluding tert-OH is 1. The third-order valence-corrected chi connectivity index (χ3v) is 3.94. The molecule has 2 amide bonds. The molecule has 1 aliphatic heterocycles. The Bertz CT molecular complexity index is 465. The predicted octanol–water partition coefficient (Wildman–Crippen LogP) is 1.98. The average molecular weight is 306 g/mol. The second-order valence-electron chi connectivity index (χ2n) is 6.05. The van der Waals surface area contributed by atoms with Crippen LogP contribution >= 0.6 is 0 Å². The molecule has 5 heteroatoms. The molecule has 1 heterocycles. The van der Waals surface area contributed by atoms with Crippen LogP contribution in [0.3, 0.4) is 0 Å². The molecule has 1 aromatic carbocycles. The molecule has 0 saturated carbocycles. The van der Waals surface area contributed by atoms with Gasteiger partial charge in [-0.1, -0.05) is 24.3 Å². The number of hydrogen-bond acceptors (Lipinski definition) is 3. The molecule has 0 aliphatic carbocycles. The van der Waals surface area contributed by atoms with Gasteiger partial charge in [0.15, 0.2) is 0 Å². The first-order chi connectivity index (χ1) is 10.6. The Labute approximate surface area is 132 Å². The van der Waals surface area contributed by atoms with Crippen LogP contribution < -0.4 is 10.6 Å². The fraction of sp³-hybridized carbons (Fsp3) is 0.588. The Morgan fingerprint density at radius 2 is 1.77 bits per heavy atom. The largest absolute Gasteiger partial charge is 0.392 e. The summed E-state index contributed by atoms with van der Waals surface area (Å²) in [5.74, 6) is 0. The van der Waals surface area contributed by atoms with E-state index >= 15 is 0 Å². The zero-order valence-electron chi connectivity index (χ0n) is 13.3. The maximum atomic E-state index is 11.9. The van der Waals surface area contributed by atoms with E-state index in [1.165, 1.54) is 0 Å². The van der Waals surface area contributed by atoms with Crippen molar-refractivity contribution in [2.75, 3.05) is 6.54 Å². The van der Waals surface area contributed by atoms with Crippen LogP contribution in [0.1, 0.15) is 37.8 Å². The number of nitrogens with one attached hydrogen (secondary N) is 2. The van der Waals surface area contributed by atoms with Crippen LogP contribution in [-0.4, -0.2) is 35.9 Å². The second-order valence-corrected chi connectivity index (χ2v) is 6.05. The Kier molecular flexibility index (Phi) is 6.21. The molecule has 1 aromatic rings. The Morgan fingerprint density at radius 3 is 2.36 bits per heavy atom. The van der Waals surface area contributed by atoms with Gasteiger partial charge in [-0.2, -0.15) is 0 Å². The van der Waals surface area contributed by atoms with Gasteiger partial charge in [-0.3, -0.25) is 0 Å². The van der Waals surface area contributed by atoms with Crippen LogP contribution in [0.2, 0.25) is 0 Å². The quantitative estimate of drug-likeness (QED) is 0.779. The van der Waals surface area contributed by atoms with Crippen LogP contribution in [0.5, 0.6) is 0 Å².